The third kappa shape index (κ3) is 3.27. The van der Waals surface area contributed by atoms with Gasteiger partial charge in [0.2, 0.25) is 5.91 Å². The second kappa shape index (κ2) is 6.63. The number of anilines is 1. The van der Waals surface area contributed by atoms with Crippen molar-refractivity contribution in [3.63, 3.8) is 0 Å². The summed E-state index contributed by atoms with van der Waals surface area (Å²) in [5.41, 5.74) is 1.35. The number of amides is 2. The molecule has 128 valence electrons. The molecule has 1 aromatic carbocycles. The highest BCUT2D eigenvalue weighted by molar-refractivity contribution is 5.98. The molecular formula is C18H22N2O4. The molecule has 1 aromatic rings. The van der Waals surface area contributed by atoms with Crippen LogP contribution in [-0.2, 0) is 16.0 Å². The first-order valence-corrected chi connectivity index (χ1v) is 8.45. The van der Waals surface area contributed by atoms with Gasteiger partial charge in [-0.25, -0.2) is 0 Å². The van der Waals surface area contributed by atoms with Gasteiger partial charge in [-0.2, -0.15) is 0 Å². The normalized spacial score (nSPS) is 19.1. The molecule has 3 rings (SSSR count). The summed E-state index contributed by atoms with van der Waals surface area (Å²) in [7, 11) is 0. The van der Waals surface area contributed by atoms with Crippen LogP contribution < -0.4 is 10.6 Å². The first-order valence-electron chi connectivity index (χ1n) is 8.45. The van der Waals surface area contributed by atoms with Gasteiger partial charge in [0, 0.05) is 24.2 Å². The third-order valence-corrected chi connectivity index (χ3v) is 5.11. The molecule has 1 aliphatic heterocycles. The molecule has 1 heterocycles. The second-order valence-corrected chi connectivity index (χ2v) is 6.75. The molecule has 0 radical (unpaired) electrons. The molecule has 0 atom stereocenters. The SMILES string of the molecule is O=C1CCc2cc(C(=O)NCC3(C(=O)O)CCCCC3)ccc2N1. The van der Waals surface area contributed by atoms with Crippen molar-refractivity contribution in [3.05, 3.63) is 29.3 Å². The van der Waals surface area contributed by atoms with Gasteiger partial charge in [-0.3, -0.25) is 14.4 Å². The van der Waals surface area contributed by atoms with E-state index in [1.165, 1.54) is 0 Å². The van der Waals surface area contributed by atoms with E-state index in [2.05, 4.69) is 10.6 Å². The van der Waals surface area contributed by atoms with E-state index in [1.807, 2.05) is 0 Å². The molecule has 24 heavy (non-hydrogen) atoms. The Morgan fingerprint density at radius 1 is 1.17 bits per heavy atom. The topological polar surface area (TPSA) is 95.5 Å². The number of hydrogen-bond donors (Lipinski definition) is 3. The zero-order valence-corrected chi connectivity index (χ0v) is 13.6. The Morgan fingerprint density at radius 2 is 1.92 bits per heavy atom. The van der Waals surface area contributed by atoms with E-state index < -0.39 is 11.4 Å². The molecule has 0 spiro atoms. The zero-order chi connectivity index (χ0) is 17.2. The van der Waals surface area contributed by atoms with Gasteiger partial charge >= 0.3 is 5.97 Å². The maximum absolute atomic E-state index is 12.4. The van der Waals surface area contributed by atoms with E-state index in [0.717, 1.165) is 30.5 Å². The number of rotatable bonds is 4. The summed E-state index contributed by atoms with van der Waals surface area (Å²) >= 11 is 0. The van der Waals surface area contributed by atoms with Gasteiger partial charge in [-0.05, 0) is 43.0 Å². The zero-order valence-electron chi connectivity index (χ0n) is 13.6. The number of carboxylic acids is 1. The number of aryl methyl sites for hydroxylation is 1. The lowest BCUT2D eigenvalue weighted by molar-refractivity contribution is -0.150. The highest BCUT2D eigenvalue weighted by Gasteiger charge is 2.39. The monoisotopic (exact) mass is 330 g/mol. The van der Waals surface area contributed by atoms with Gasteiger partial charge in [-0.1, -0.05) is 19.3 Å². The van der Waals surface area contributed by atoms with Gasteiger partial charge in [0.1, 0.15) is 0 Å². The van der Waals surface area contributed by atoms with Crippen molar-refractivity contribution in [1.29, 1.82) is 0 Å². The Morgan fingerprint density at radius 3 is 2.62 bits per heavy atom. The molecular weight excluding hydrogens is 308 g/mol. The fourth-order valence-corrected chi connectivity index (χ4v) is 3.57. The van der Waals surface area contributed by atoms with Crippen molar-refractivity contribution in [3.8, 4) is 0 Å². The van der Waals surface area contributed by atoms with E-state index in [1.54, 1.807) is 18.2 Å². The fraction of sp³-hybridized carbons (Fsp3) is 0.500. The van der Waals surface area contributed by atoms with Crippen LogP contribution in [-0.4, -0.2) is 29.4 Å². The second-order valence-electron chi connectivity index (χ2n) is 6.75. The number of carboxylic acid groups (broad SMARTS) is 1. The number of benzene rings is 1. The van der Waals surface area contributed by atoms with Gasteiger partial charge in [0.15, 0.2) is 0 Å². The van der Waals surface area contributed by atoms with Crippen molar-refractivity contribution >= 4 is 23.5 Å². The Kier molecular flexibility index (Phi) is 4.55. The Hall–Kier alpha value is -2.37. The predicted octanol–water partition coefficient (Wildman–Crippen LogP) is 2.34. The van der Waals surface area contributed by atoms with E-state index in [9.17, 15) is 19.5 Å². The summed E-state index contributed by atoms with van der Waals surface area (Å²) in [5.74, 6) is -1.10. The molecule has 1 saturated carbocycles. The molecule has 0 saturated heterocycles. The predicted molar refractivity (Wildman–Crippen MR) is 88.9 cm³/mol. The van der Waals surface area contributed by atoms with Gasteiger partial charge < -0.3 is 15.7 Å². The van der Waals surface area contributed by atoms with Crippen LogP contribution in [0.25, 0.3) is 0 Å². The maximum atomic E-state index is 12.4. The van der Waals surface area contributed by atoms with Gasteiger partial charge in [-0.15, -0.1) is 0 Å². The molecule has 6 heteroatoms. The first kappa shape index (κ1) is 16.5. The summed E-state index contributed by atoms with van der Waals surface area (Å²) in [6.45, 7) is 0.162. The Balaban J connectivity index is 1.68. The standard InChI is InChI=1S/C18H22N2O4/c21-15-7-5-12-10-13(4-6-14(12)20-15)16(22)19-11-18(17(23)24)8-2-1-3-9-18/h4,6,10H,1-3,5,7-9,11H2,(H,19,22)(H,20,21)(H,23,24). The minimum atomic E-state index is -0.837. The number of fused-ring (bicyclic) bond motifs is 1. The van der Waals surface area contributed by atoms with Crippen LogP contribution in [0.2, 0.25) is 0 Å². The largest absolute Gasteiger partial charge is 0.481 e. The molecule has 1 fully saturated rings. The van der Waals surface area contributed by atoms with E-state index in [0.29, 0.717) is 31.2 Å². The van der Waals surface area contributed by atoms with Crippen molar-refractivity contribution in [1.82, 2.24) is 5.32 Å². The number of carbonyl (C=O) groups excluding carboxylic acids is 2. The molecule has 3 N–H and O–H groups in total. The summed E-state index contributed by atoms with van der Waals surface area (Å²) < 4.78 is 0. The van der Waals surface area contributed by atoms with Crippen LogP contribution in [0.1, 0.15) is 54.4 Å². The first-order chi connectivity index (χ1) is 11.5. The minimum absolute atomic E-state index is 0.0135. The van der Waals surface area contributed by atoms with Crippen molar-refractivity contribution in [2.24, 2.45) is 5.41 Å². The summed E-state index contributed by atoms with van der Waals surface area (Å²) in [6.07, 6.45) is 5.08. The van der Waals surface area contributed by atoms with E-state index >= 15 is 0 Å². The average Bonchev–Trinajstić information content (AvgIpc) is 2.60. The van der Waals surface area contributed by atoms with Crippen LogP contribution in [0, 0.1) is 5.41 Å². The van der Waals surface area contributed by atoms with Crippen molar-refractivity contribution in [2.75, 3.05) is 11.9 Å². The lowest BCUT2D eigenvalue weighted by Crippen LogP contribution is -2.44. The summed E-state index contributed by atoms with van der Waals surface area (Å²) in [5, 5.41) is 15.1. The molecule has 2 aliphatic rings. The Bertz CT molecular complexity index is 678. The summed E-state index contributed by atoms with van der Waals surface area (Å²) in [4.78, 5) is 35.4. The Labute approximate surface area is 140 Å². The van der Waals surface area contributed by atoms with Crippen molar-refractivity contribution in [2.45, 2.75) is 44.9 Å². The van der Waals surface area contributed by atoms with Crippen LogP contribution in [0.15, 0.2) is 18.2 Å². The summed E-state index contributed by atoms with van der Waals surface area (Å²) in [6, 6.07) is 5.17. The van der Waals surface area contributed by atoms with Crippen molar-refractivity contribution < 1.29 is 19.5 Å². The highest BCUT2D eigenvalue weighted by atomic mass is 16.4. The van der Waals surface area contributed by atoms with E-state index in [4.69, 9.17) is 0 Å². The number of hydrogen-bond acceptors (Lipinski definition) is 3. The van der Waals surface area contributed by atoms with Crippen LogP contribution in [0.3, 0.4) is 0 Å². The molecule has 2 amide bonds. The molecule has 1 aliphatic carbocycles. The number of nitrogens with one attached hydrogen (secondary N) is 2. The minimum Gasteiger partial charge on any atom is -0.481 e. The third-order valence-electron chi connectivity index (χ3n) is 5.11. The maximum Gasteiger partial charge on any atom is 0.311 e. The fourth-order valence-electron chi connectivity index (χ4n) is 3.57. The van der Waals surface area contributed by atoms with Crippen LogP contribution in [0.4, 0.5) is 5.69 Å². The molecule has 0 aromatic heterocycles. The lowest BCUT2D eigenvalue weighted by atomic mass is 9.74. The molecule has 6 nitrogen and oxygen atoms in total. The number of aliphatic carboxylic acids is 1. The average molecular weight is 330 g/mol. The van der Waals surface area contributed by atoms with Gasteiger partial charge in [0.25, 0.3) is 5.91 Å². The van der Waals surface area contributed by atoms with E-state index in [-0.39, 0.29) is 18.4 Å². The highest BCUT2D eigenvalue weighted by Crippen LogP contribution is 2.36. The quantitative estimate of drug-likeness (QED) is 0.789. The molecule has 0 unspecified atom stereocenters. The lowest BCUT2D eigenvalue weighted by Gasteiger charge is -2.33. The van der Waals surface area contributed by atoms with Crippen LogP contribution in [0.5, 0.6) is 0 Å². The smallest absolute Gasteiger partial charge is 0.311 e. The molecule has 0 bridgehead atoms. The number of carbonyl (C=O) groups is 3. The van der Waals surface area contributed by atoms with Gasteiger partial charge in [0.05, 0.1) is 5.41 Å². The van der Waals surface area contributed by atoms with Crippen LogP contribution >= 0.6 is 0 Å².